The molecule has 44 heavy (non-hydrogen) atoms. The van der Waals surface area contributed by atoms with Crippen LogP contribution in [-0.4, -0.2) is 26.6 Å². The molecular weight excluding hydrogens is 588 g/mol. The zero-order valence-electron chi connectivity index (χ0n) is 23.3. The lowest BCUT2D eigenvalue weighted by Gasteiger charge is -2.25. The highest BCUT2D eigenvalue weighted by molar-refractivity contribution is 5.94. The lowest BCUT2D eigenvalue weighted by molar-refractivity contribution is -0.142. The Hall–Kier alpha value is -4.68. The minimum atomic E-state index is -4.71. The third kappa shape index (κ3) is 6.61. The lowest BCUT2D eigenvalue weighted by atomic mass is 9.94. The number of aromatic nitrogens is 3. The van der Waals surface area contributed by atoms with Crippen molar-refractivity contribution in [2.45, 2.75) is 56.8 Å². The minimum absolute atomic E-state index is 0.0842. The van der Waals surface area contributed by atoms with E-state index < -0.39 is 53.2 Å². The van der Waals surface area contributed by atoms with Gasteiger partial charge in [0.25, 0.3) is 5.91 Å². The first-order valence-corrected chi connectivity index (χ1v) is 13.8. The van der Waals surface area contributed by atoms with Crippen molar-refractivity contribution >= 4 is 11.8 Å². The van der Waals surface area contributed by atoms with E-state index in [0.717, 1.165) is 28.9 Å². The van der Waals surface area contributed by atoms with Crippen LogP contribution in [0.2, 0.25) is 0 Å². The van der Waals surface area contributed by atoms with Crippen LogP contribution in [-0.2, 0) is 17.4 Å². The molecule has 1 aliphatic carbocycles. The van der Waals surface area contributed by atoms with Gasteiger partial charge in [0.15, 0.2) is 5.69 Å². The molecule has 2 amide bonds. The number of hydrogen-bond acceptors (Lipinski definition) is 4. The fourth-order valence-corrected chi connectivity index (χ4v) is 5.22. The number of halogens is 6. The van der Waals surface area contributed by atoms with E-state index in [1.807, 2.05) is 0 Å². The van der Waals surface area contributed by atoms with E-state index in [4.69, 9.17) is 5.73 Å². The maximum absolute atomic E-state index is 14.3. The molecule has 2 atom stereocenters. The Morgan fingerprint density at radius 2 is 1.75 bits per heavy atom. The van der Waals surface area contributed by atoms with Gasteiger partial charge in [-0.05, 0) is 73.2 Å². The Morgan fingerprint density at radius 3 is 2.36 bits per heavy atom. The molecule has 1 saturated carbocycles. The van der Waals surface area contributed by atoms with Crippen molar-refractivity contribution < 1.29 is 35.9 Å². The molecule has 1 fully saturated rings. The van der Waals surface area contributed by atoms with Gasteiger partial charge in [0.2, 0.25) is 5.91 Å². The van der Waals surface area contributed by atoms with Gasteiger partial charge in [-0.2, -0.15) is 18.3 Å². The highest BCUT2D eigenvalue weighted by Gasteiger charge is 2.40. The van der Waals surface area contributed by atoms with Crippen molar-refractivity contribution in [1.82, 2.24) is 20.1 Å². The van der Waals surface area contributed by atoms with Crippen LogP contribution >= 0.6 is 0 Å². The summed E-state index contributed by atoms with van der Waals surface area (Å²) in [6, 6.07) is 8.40. The van der Waals surface area contributed by atoms with Crippen LogP contribution in [0, 0.1) is 17.5 Å². The molecule has 230 valence electrons. The average Bonchev–Trinajstić information content (AvgIpc) is 3.70. The number of nitrogens with two attached hydrogens (primary N) is 1. The first kappa shape index (κ1) is 30.8. The van der Waals surface area contributed by atoms with Crippen molar-refractivity contribution in [1.29, 1.82) is 0 Å². The standard InChI is InChI=1S/C31H27F6N5O2/c1-2-25(42-26(17-5-6-17)15-27(41-42)31(35,36)37)30(44)40-24(12-16-10-19(32)14-20(33)11-16)28-21(4-3-9-39-28)18-7-8-23(34)22(13-18)29(38)43/h3-4,7-11,13-15,17,24-25H,2,5-6,12H2,1H3,(H2,38,43)(H,40,44)/t24-,25?/m0/s1. The molecule has 1 aliphatic rings. The van der Waals surface area contributed by atoms with Crippen LogP contribution in [0.5, 0.6) is 0 Å². The molecule has 1 unspecified atom stereocenters. The molecule has 4 aromatic rings. The molecule has 0 spiro atoms. The maximum atomic E-state index is 14.3. The van der Waals surface area contributed by atoms with Crippen LogP contribution in [0.25, 0.3) is 11.1 Å². The summed E-state index contributed by atoms with van der Waals surface area (Å²) in [6.07, 6.45) is -2.06. The summed E-state index contributed by atoms with van der Waals surface area (Å²) in [4.78, 5) is 30.1. The molecular formula is C31H27F6N5O2. The Morgan fingerprint density at radius 1 is 1.05 bits per heavy atom. The predicted molar refractivity (Wildman–Crippen MR) is 148 cm³/mol. The smallest absolute Gasteiger partial charge is 0.366 e. The van der Waals surface area contributed by atoms with E-state index in [1.165, 1.54) is 18.3 Å². The summed E-state index contributed by atoms with van der Waals surface area (Å²) in [5.41, 5.74) is 5.15. The number of hydrogen-bond donors (Lipinski definition) is 2. The van der Waals surface area contributed by atoms with Crippen LogP contribution in [0.4, 0.5) is 26.3 Å². The van der Waals surface area contributed by atoms with Crippen LogP contribution in [0.3, 0.4) is 0 Å². The highest BCUT2D eigenvalue weighted by atomic mass is 19.4. The Bertz CT molecular complexity index is 1700. The number of primary amides is 1. The lowest BCUT2D eigenvalue weighted by Crippen LogP contribution is -2.37. The predicted octanol–water partition coefficient (Wildman–Crippen LogP) is 6.41. The van der Waals surface area contributed by atoms with Gasteiger partial charge in [0.1, 0.15) is 23.5 Å². The van der Waals surface area contributed by atoms with Gasteiger partial charge in [0.05, 0.1) is 17.3 Å². The van der Waals surface area contributed by atoms with E-state index in [2.05, 4.69) is 15.4 Å². The normalized spacial score (nSPS) is 14.7. The highest BCUT2D eigenvalue weighted by Crippen LogP contribution is 2.43. The fraction of sp³-hybridized carbons (Fsp3) is 0.290. The quantitative estimate of drug-likeness (QED) is 0.201. The Balaban J connectivity index is 1.57. The summed E-state index contributed by atoms with van der Waals surface area (Å²) in [5.74, 6) is -4.42. The number of rotatable bonds is 10. The first-order valence-electron chi connectivity index (χ1n) is 13.8. The molecule has 7 nitrogen and oxygen atoms in total. The summed E-state index contributed by atoms with van der Waals surface area (Å²) in [5, 5.41) is 6.57. The number of amides is 2. The van der Waals surface area contributed by atoms with Gasteiger partial charge >= 0.3 is 6.18 Å². The topological polar surface area (TPSA) is 103 Å². The Kier molecular flexibility index (Phi) is 8.49. The molecule has 3 N–H and O–H groups in total. The number of benzene rings is 2. The van der Waals surface area contributed by atoms with E-state index in [1.54, 1.807) is 19.1 Å². The van der Waals surface area contributed by atoms with Crippen molar-refractivity contribution in [2.24, 2.45) is 5.73 Å². The molecule has 5 rings (SSSR count). The van der Waals surface area contributed by atoms with Gasteiger partial charge in [-0.15, -0.1) is 0 Å². The number of carbonyl (C=O) groups excluding carboxylic acids is 2. The minimum Gasteiger partial charge on any atom is -0.366 e. The van der Waals surface area contributed by atoms with Gasteiger partial charge in [-0.3, -0.25) is 19.3 Å². The number of pyridine rings is 1. The summed E-state index contributed by atoms with van der Waals surface area (Å²) in [6.45, 7) is 1.63. The molecule has 0 bridgehead atoms. The van der Waals surface area contributed by atoms with Crippen LogP contribution in [0.1, 0.15) is 77.2 Å². The van der Waals surface area contributed by atoms with Crippen molar-refractivity contribution in [3.63, 3.8) is 0 Å². The van der Waals surface area contributed by atoms with E-state index in [9.17, 15) is 35.9 Å². The van der Waals surface area contributed by atoms with E-state index in [0.29, 0.717) is 35.7 Å². The average molecular weight is 616 g/mol. The van der Waals surface area contributed by atoms with Gasteiger partial charge in [-0.1, -0.05) is 19.1 Å². The number of carbonyl (C=O) groups is 2. The monoisotopic (exact) mass is 615 g/mol. The first-order chi connectivity index (χ1) is 20.8. The van der Waals surface area contributed by atoms with E-state index in [-0.39, 0.29) is 35.6 Å². The van der Waals surface area contributed by atoms with Gasteiger partial charge < -0.3 is 11.1 Å². The third-order valence-corrected chi connectivity index (χ3v) is 7.43. The van der Waals surface area contributed by atoms with Crippen molar-refractivity contribution in [3.8, 4) is 11.1 Å². The second kappa shape index (κ2) is 12.1. The second-order valence-corrected chi connectivity index (χ2v) is 10.6. The number of nitrogens with one attached hydrogen (secondary N) is 1. The zero-order chi connectivity index (χ0) is 31.8. The van der Waals surface area contributed by atoms with Crippen LogP contribution < -0.4 is 11.1 Å². The van der Waals surface area contributed by atoms with Crippen molar-refractivity contribution in [2.75, 3.05) is 0 Å². The number of alkyl halides is 3. The maximum Gasteiger partial charge on any atom is 0.435 e. The summed E-state index contributed by atoms with van der Waals surface area (Å²) < 4.78 is 84.4. The molecule has 2 heterocycles. The molecule has 0 saturated heterocycles. The Labute approximate surface area is 248 Å². The second-order valence-electron chi connectivity index (χ2n) is 10.6. The summed E-state index contributed by atoms with van der Waals surface area (Å²) >= 11 is 0. The van der Waals surface area contributed by atoms with Crippen LogP contribution in [0.15, 0.2) is 60.8 Å². The largest absolute Gasteiger partial charge is 0.435 e. The number of nitrogens with zero attached hydrogens (tertiary/aromatic N) is 3. The molecule has 0 radical (unpaired) electrons. The van der Waals surface area contributed by atoms with Gasteiger partial charge in [-0.25, -0.2) is 13.2 Å². The fourth-order valence-electron chi connectivity index (χ4n) is 5.22. The molecule has 2 aromatic heterocycles. The van der Waals surface area contributed by atoms with Gasteiger partial charge in [0, 0.05) is 29.4 Å². The van der Waals surface area contributed by atoms with E-state index >= 15 is 0 Å². The zero-order valence-corrected chi connectivity index (χ0v) is 23.3. The SMILES string of the molecule is CCC(C(=O)N[C@@H](Cc1cc(F)cc(F)c1)c1ncccc1-c1ccc(F)c(C(N)=O)c1)n1nc(C(F)(F)F)cc1C1CC1. The van der Waals surface area contributed by atoms with Crippen molar-refractivity contribution in [3.05, 3.63) is 106 Å². The molecule has 13 heteroatoms. The third-order valence-electron chi connectivity index (χ3n) is 7.43. The molecule has 2 aromatic carbocycles. The molecule has 0 aliphatic heterocycles. The summed E-state index contributed by atoms with van der Waals surface area (Å²) in [7, 11) is 0.